The number of ether oxygens (including phenoxy) is 2. The maximum absolute atomic E-state index is 12.0. The van der Waals surface area contributed by atoms with Crippen molar-refractivity contribution in [2.45, 2.75) is 39.1 Å². The Kier molecular flexibility index (Phi) is 5.33. The molecule has 102 valence electrons. The molecule has 0 aromatic rings. The van der Waals surface area contributed by atoms with Gasteiger partial charge in [-0.05, 0) is 20.8 Å². The zero-order valence-electron chi connectivity index (χ0n) is 10.8. The van der Waals surface area contributed by atoms with Gasteiger partial charge in [0.15, 0.2) is 0 Å². The first kappa shape index (κ1) is 14.8. The number of morpholine rings is 1. The average molecular weight is 266 g/mol. The van der Waals surface area contributed by atoms with E-state index in [2.05, 4.69) is 4.72 Å². The SMILES string of the molecule is COC(C)CNS(=O)(=O)N1CC(C)OC(C)C1. The van der Waals surface area contributed by atoms with Gasteiger partial charge in [0, 0.05) is 26.7 Å². The molecule has 1 rings (SSSR count). The summed E-state index contributed by atoms with van der Waals surface area (Å²) in [6.45, 7) is 6.61. The van der Waals surface area contributed by atoms with Crippen LogP contribution >= 0.6 is 0 Å². The summed E-state index contributed by atoms with van der Waals surface area (Å²) in [6, 6.07) is 0. The molecule has 0 amide bonds. The zero-order valence-corrected chi connectivity index (χ0v) is 11.7. The van der Waals surface area contributed by atoms with Crippen LogP contribution in [-0.2, 0) is 19.7 Å². The van der Waals surface area contributed by atoms with Gasteiger partial charge in [0.05, 0.1) is 18.3 Å². The fourth-order valence-electron chi connectivity index (χ4n) is 1.72. The summed E-state index contributed by atoms with van der Waals surface area (Å²) in [5.41, 5.74) is 0. The average Bonchev–Trinajstić information content (AvgIpc) is 2.24. The normalized spacial score (nSPS) is 29.2. The summed E-state index contributed by atoms with van der Waals surface area (Å²) in [6.07, 6.45) is -0.286. The van der Waals surface area contributed by atoms with Crippen molar-refractivity contribution in [2.24, 2.45) is 0 Å². The molecule has 0 aliphatic carbocycles. The molecule has 0 bridgehead atoms. The Labute approximate surface area is 103 Å². The van der Waals surface area contributed by atoms with Crippen molar-refractivity contribution in [1.82, 2.24) is 9.03 Å². The molecule has 0 saturated carbocycles. The van der Waals surface area contributed by atoms with Crippen molar-refractivity contribution in [3.05, 3.63) is 0 Å². The van der Waals surface area contributed by atoms with E-state index < -0.39 is 10.2 Å². The summed E-state index contributed by atoms with van der Waals surface area (Å²) in [5.74, 6) is 0. The predicted molar refractivity (Wildman–Crippen MR) is 65.0 cm³/mol. The fourth-order valence-corrected chi connectivity index (χ4v) is 3.16. The lowest BCUT2D eigenvalue weighted by Gasteiger charge is -2.34. The number of hydrogen-bond acceptors (Lipinski definition) is 4. The molecule has 7 heteroatoms. The molecule has 0 aromatic carbocycles. The highest BCUT2D eigenvalue weighted by molar-refractivity contribution is 7.87. The molecule has 1 aliphatic heterocycles. The Bertz CT molecular complexity index is 323. The Morgan fingerprint density at radius 1 is 1.41 bits per heavy atom. The number of methoxy groups -OCH3 is 1. The third kappa shape index (κ3) is 4.51. The van der Waals surface area contributed by atoms with Gasteiger partial charge in [-0.1, -0.05) is 0 Å². The standard InChI is InChI=1S/C10H22N2O4S/c1-8(15-4)5-11-17(13,14)12-6-9(2)16-10(3)7-12/h8-11H,5-7H2,1-4H3. The molecule has 17 heavy (non-hydrogen) atoms. The molecule has 0 spiro atoms. The molecule has 3 unspecified atom stereocenters. The van der Waals surface area contributed by atoms with E-state index in [1.807, 2.05) is 20.8 Å². The van der Waals surface area contributed by atoms with Crippen LogP contribution in [-0.4, -0.2) is 57.8 Å². The summed E-state index contributed by atoms with van der Waals surface area (Å²) in [4.78, 5) is 0. The van der Waals surface area contributed by atoms with E-state index >= 15 is 0 Å². The Morgan fingerprint density at radius 2 is 1.94 bits per heavy atom. The van der Waals surface area contributed by atoms with Crippen molar-refractivity contribution >= 4 is 10.2 Å². The lowest BCUT2D eigenvalue weighted by molar-refractivity contribution is -0.0444. The second-order valence-corrected chi connectivity index (χ2v) is 6.23. The van der Waals surface area contributed by atoms with Crippen LogP contribution < -0.4 is 4.72 Å². The van der Waals surface area contributed by atoms with Gasteiger partial charge in [-0.2, -0.15) is 17.4 Å². The second kappa shape index (κ2) is 6.10. The highest BCUT2D eigenvalue weighted by Gasteiger charge is 2.30. The molecular formula is C10H22N2O4S. The van der Waals surface area contributed by atoms with E-state index in [9.17, 15) is 8.42 Å². The van der Waals surface area contributed by atoms with E-state index in [0.717, 1.165) is 0 Å². The molecule has 0 aromatic heterocycles. The first-order valence-corrected chi connectivity index (χ1v) is 7.22. The van der Waals surface area contributed by atoms with Gasteiger partial charge < -0.3 is 9.47 Å². The third-order valence-electron chi connectivity index (χ3n) is 2.68. The number of nitrogens with zero attached hydrogens (tertiary/aromatic N) is 1. The van der Waals surface area contributed by atoms with Crippen LogP contribution in [0.25, 0.3) is 0 Å². The number of hydrogen-bond donors (Lipinski definition) is 1. The van der Waals surface area contributed by atoms with Crippen LogP contribution in [0.15, 0.2) is 0 Å². The Morgan fingerprint density at radius 3 is 2.41 bits per heavy atom. The van der Waals surface area contributed by atoms with Gasteiger partial charge in [0.2, 0.25) is 0 Å². The predicted octanol–water partition coefficient (Wildman–Crippen LogP) is -0.0351. The Hall–Kier alpha value is -0.210. The van der Waals surface area contributed by atoms with Crippen LogP contribution in [0.2, 0.25) is 0 Å². The molecule has 1 heterocycles. The van der Waals surface area contributed by atoms with Crippen LogP contribution in [0.1, 0.15) is 20.8 Å². The van der Waals surface area contributed by atoms with Crippen LogP contribution in [0, 0.1) is 0 Å². The minimum atomic E-state index is -3.43. The van der Waals surface area contributed by atoms with Gasteiger partial charge in [-0.25, -0.2) is 0 Å². The zero-order chi connectivity index (χ0) is 13.1. The largest absolute Gasteiger partial charge is 0.380 e. The maximum Gasteiger partial charge on any atom is 0.279 e. The first-order chi connectivity index (χ1) is 7.85. The van der Waals surface area contributed by atoms with Crippen LogP contribution in [0.4, 0.5) is 0 Å². The molecular weight excluding hydrogens is 244 g/mol. The smallest absolute Gasteiger partial charge is 0.279 e. The van der Waals surface area contributed by atoms with E-state index in [1.165, 1.54) is 4.31 Å². The van der Waals surface area contributed by atoms with Crippen LogP contribution in [0.3, 0.4) is 0 Å². The minimum absolute atomic E-state index is 0.0739. The molecule has 1 saturated heterocycles. The molecule has 6 nitrogen and oxygen atoms in total. The monoisotopic (exact) mass is 266 g/mol. The quantitative estimate of drug-likeness (QED) is 0.758. The van der Waals surface area contributed by atoms with Gasteiger partial charge >= 0.3 is 0 Å². The lowest BCUT2D eigenvalue weighted by atomic mass is 10.3. The minimum Gasteiger partial charge on any atom is -0.380 e. The highest BCUT2D eigenvalue weighted by Crippen LogP contribution is 2.13. The lowest BCUT2D eigenvalue weighted by Crippen LogP contribution is -2.52. The van der Waals surface area contributed by atoms with Crippen LogP contribution in [0.5, 0.6) is 0 Å². The number of rotatable bonds is 5. The highest BCUT2D eigenvalue weighted by atomic mass is 32.2. The van der Waals surface area contributed by atoms with Crippen molar-refractivity contribution in [1.29, 1.82) is 0 Å². The van der Waals surface area contributed by atoms with Gasteiger partial charge in [0.1, 0.15) is 0 Å². The molecule has 0 radical (unpaired) electrons. The maximum atomic E-state index is 12.0. The summed E-state index contributed by atoms with van der Waals surface area (Å²) < 4.78 is 38.5. The Balaban J connectivity index is 2.57. The topological polar surface area (TPSA) is 67.9 Å². The third-order valence-corrected chi connectivity index (χ3v) is 4.19. The van der Waals surface area contributed by atoms with Crippen molar-refractivity contribution < 1.29 is 17.9 Å². The summed E-state index contributed by atoms with van der Waals surface area (Å²) in [5, 5.41) is 0. The number of nitrogens with one attached hydrogen (secondary N) is 1. The van der Waals surface area contributed by atoms with E-state index in [4.69, 9.17) is 9.47 Å². The second-order valence-electron chi connectivity index (χ2n) is 4.47. The molecule has 1 aliphatic rings. The molecule has 1 fully saturated rings. The fraction of sp³-hybridized carbons (Fsp3) is 1.00. The van der Waals surface area contributed by atoms with E-state index in [0.29, 0.717) is 13.1 Å². The first-order valence-electron chi connectivity index (χ1n) is 5.78. The van der Waals surface area contributed by atoms with Gasteiger partial charge in [0.25, 0.3) is 10.2 Å². The van der Waals surface area contributed by atoms with E-state index in [1.54, 1.807) is 7.11 Å². The van der Waals surface area contributed by atoms with Crippen molar-refractivity contribution in [3.63, 3.8) is 0 Å². The summed E-state index contributed by atoms with van der Waals surface area (Å²) >= 11 is 0. The van der Waals surface area contributed by atoms with Gasteiger partial charge in [-0.3, -0.25) is 0 Å². The van der Waals surface area contributed by atoms with Crippen molar-refractivity contribution in [3.8, 4) is 0 Å². The summed E-state index contributed by atoms with van der Waals surface area (Å²) in [7, 11) is -1.88. The molecule has 3 atom stereocenters. The van der Waals surface area contributed by atoms with Crippen molar-refractivity contribution in [2.75, 3.05) is 26.7 Å². The van der Waals surface area contributed by atoms with E-state index in [-0.39, 0.29) is 24.9 Å². The molecule has 1 N–H and O–H groups in total. The van der Waals surface area contributed by atoms with Gasteiger partial charge in [-0.15, -0.1) is 0 Å².